The van der Waals surface area contributed by atoms with Crippen LogP contribution in [0.25, 0.3) is 11.8 Å². The van der Waals surface area contributed by atoms with Crippen LogP contribution in [0.1, 0.15) is 32.9 Å². The van der Waals surface area contributed by atoms with Crippen LogP contribution in [0.3, 0.4) is 0 Å². The number of carboxylic acids is 1. The monoisotopic (exact) mass is 370 g/mol. The van der Waals surface area contributed by atoms with Gasteiger partial charge in [-0.2, -0.15) is 0 Å². The van der Waals surface area contributed by atoms with Crippen LogP contribution in [-0.2, 0) is 4.79 Å². The molecule has 1 aliphatic heterocycles. The van der Waals surface area contributed by atoms with Gasteiger partial charge in [0.25, 0.3) is 11.1 Å². The maximum Gasteiger partial charge on any atom is 0.336 e. The van der Waals surface area contributed by atoms with Gasteiger partial charge in [-0.1, -0.05) is 6.07 Å². The average Bonchev–Trinajstić information content (AvgIpc) is 2.99. The van der Waals surface area contributed by atoms with E-state index >= 15 is 0 Å². The van der Waals surface area contributed by atoms with Gasteiger partial charge in [0.2, 0.25) is 0 Å². The van der Waals surface area contributed by atoms with Crippen molar-refractivity contribution in [1.82, 2.24) is 9.47 Å². The van der Waals surface area contributed by atoms with Crippen molar-refractivity contribution in [3.8, 4) is 5.69 Å². The molecule has 134 valence electrons. The molecule has 2 aromatic rings. The highest BCUT2D eigenvalue weighted by Crippen LogP contribution is 2.33. The number of carbonyl (C=O) groups is 3. The Morgan fingerprint density at radius 1 is 1.19 bits per heavy atom. The summed E-state index contributed by atoms with van der Waals surface area (Å²) in [6.45, 7) is 5.60. The van der Waals surface area contributed by atoms with E-state index in [0.29, 0.717) is 10.5 Å². The highest BCUT2D eigenvalue weighted by molar-refractivity contribution is 8.18. The summed E-state index contributed by atoms with van der Waals surface area (Å²) in [5, 5.41) is 9.06. The minimum absolute atomic E-state index is 0.253. The minimum Gasteiger partial charge on any atom is -0.478 e. The Kier molecular flexibility index (Phi) is 4.50. The number of rotatable bonds is 3. The summed E-state index contributed by atoms with van der Waals surface area (Å²) < 4.78 is 1.96. The van der Waals surface area contributed by atoms with E-state index in [1.54, 1.807) is 25.1 Å². The van der Waals surface area contributed by atoms with Crippen molar-refractivity contribution >= 4 is 35.0 Å². The number of likely N-dealkylation sites (N-methyl/N-ethyl adjacent to an activating group) is 1. The molecule has 0 atom stereocenters. The van der Waals surface area contributed by atoms with E-state index in [0.717, 1.165) is 39.3 Å². The number of hydrogen-bond acceptors (Lipinski definition) is 4. The van der Waals surface area contributed by atoms with Crippen molar-refractivity contribution in [1.29, 1.82) is 0 Å². The molecule has 2 amide bonds. The molecule has 1 fully saturated rings. The lowest BCUT2D eigenvalue weighted by Crippen LogP contribution is -2.22. The minimum atomic E-state index is -0.969. The van der Waals surface area contributed by atoms with Gasteiger partial charge in [-0.05, 0) is 67.9 Å². The number of hydrogen-bond donors (Lipinski definition) is 1. The normalized spacial score (nSPS) is 16.0. The smallest absolute Gasteiger partial charge is 0.336 e. The number of imide groups is 1. The van der Waals surface area contributed by atoms with E-state index in [4.69, 9.17) is 0 Å². The molecule has 0 spiro atoms. The number of carbonyl (C=O) groups excluding carboxylic acids is 2. The topological polar surface area (TPSA) is 79.6 Å². The lowest BCUT2D eigenvalue weighted by Gasteiger charge is -2.14. The first-order valence-corrected chi connectivity index (χ1v) is 8.77. The van der Waals surface area contributed by atoms with E-state index in [1.165, 1.54) is 7.05 Å². The summed E-state index contributed by atoms with van der Waals surface area (Å²) >= 11 is 0.917. The Morgan fingerprint density at radius 2 is 1.88 bits per heavy atom. The standard InChI is InChI=1S/C19H18N2O4S/c1-10-8-13(9-16-17(22)20(4)19(25)26-16)12(3)21(10)15-7-5-6-14(11(15)2)18(23)24/h5-9H,1-4H3,(H,23,24)/b16-9-. The first kappa shape index (κ1) is 18.0. The molecule has 6 nitrogen and oxygen atoms in total. The number of carboxylic acid groups (broad SMARTS) is 1. The number of thioether (sulfide) groups is 1. The second kappa shape index (κ2) is 6.49. The largest absolute Gasteiger partial charge is 0.478 e. The molecule has 1 aromatic carbocycles. The molecule has 1 saturated heterocycles. The molecule has 0 bridgehead atoms. The molecule has 0 saturated carbocycles. The van der Waals surface area contributed by atoms with Gasteiger partial charge < -0.3 is 9.67 Å². The van der Waals surface area contributed by atoms with Crippen molar-refractivity contribution < 1.29 is 19.5 Å². The summed E-state index contributed by atoms with van der Waals surface area (Å²) in [5.41, 5.74) is 4.31. The van der Waals surface area contributed by atoms with Crippen LogP contribution in [0.4, 0.5) is 4.79 Å². The average molecular weight is 370 g/mol. The number of aromatic carboxylic acids is 1. The van der Waals surface area contributed by atoms with Gasteiger partial charge in [-0.3, -0.25) is 14.5 Å². The predicted molar refractivity (Wildman–Crippen MR) is 101 cm³/mol. The molecule has 0 radical (unpaired) electrons. The van der Waals surface area contributed by atoms with Crippen LogP contribution in [0, 0.1) is 20.8 Å². The molecular weight excluding hydrogens is 352 g/mol. The summed E-state index contributed by atoms with van der Waals surface area (Å²) in [6, 6.07) is 7.08. The fraction of sp³-hybridized carbons (Fsp3) is 0.211. The maximum absolute atomic E-state index is 12.1. The van der Waals surface area contributed by atoms with Crippen molar-refractivity contribution in [3.05, 3.63) is 57.2 Å². The van der Waals surface area contributed by atoms with Gasteiger partial charge in [0.05, 0.1) is 10.5 Å². The molecule has 0 aliphatic carbocycles. The van der Waals surface area contributed by atoms with Gasteiger partial charge in [0.1, 0.15) is 0 Å². The fourth-order valence-corrected chi connectivity index (χ4v) is 3.91. The van der Waals surface area contributed by atoms with Crippen LogP contribution in [0.2, 0.25) is 0 Å². The number of aryl methyl sites for hydroxylation is 1. The zero-order valence-corrected chi connectivity index (χ0v) is 15.7. The van der Waals surface area contributed by atoms with Gasteiger partial charge in [-0.25, -0.2) is 4.79 Å². The molecule has 1 N–H and O–H groups in total. The number of benzene rings is 1. The molecule has 3 rings (SSSR count). The Morgan fingerprint density at radius 3 is 2.46 bits per heavy atom. The molecule has 1 aromatic heterocycles. The number of amides is 2. The van der Waals surface area contributed by atoms with Gasteiger partial charge >= 0.3 is 5.97 Å². The van der Waals surface area contributed by atoms with E-state index < -0.39 is 5.97 Å². The molecule has 7 heteroatoms. The van der Waals surface area contributed by atoms with Gasteiger partial charge in [0, 0.05) is 24.1 Å². The van der Waals surface area contributed by atoms with Crippen molar-refractivity contribution in [2.75, 3.05) is 7.05 Å². The molecular formula is C19H18N2O4S. The number of aromatic nitrogens is 1. The highest BCUT2D eigenvalue weighted by Gasteiger charge is 2.32. The lowest BCUT2D eigenvalue weighted by molar-refractivity contribution is -0.121. The zero-order chi connectivity index (χ0) is 19.2. The maximum atomic E-state index is 12.1. The third kappa shape index (κ3) is 2.84. The van der Waals surface area contributed by atoms with Gasteiger partial charge in [0.15, 0.2) is 0 Å². The zero-order valence-electron chi connectivity index (χ0n) is 14.9. The van der Waals surface area contributed by atoms with E-state index in [2.05, 4.69) is 0 Å². The Balaban J connectivity index is 2.11. The van der Waals surface area contributed by atoms with Crippen molar-refractivity contribution in [3.63, 3.8) is 0 Å². The molecule has 2 heterocycles. The van der Waals surface area contributed by atoms with Crippen molar-refractivity contribution in [2.24, 2.45) is 0 Å². The second-order valence-corrected chi connectivity index (χ2v) is 7.15. The lowest BCUT2D eigenvalue weighted by atomic mass is 10.1. The first-order valence-electron chi connectivity index (χ1n) is 7.96. The van der Waals surface area contributed by atoms with Crippen molar-refractivity contribution in [2.45, 2.75) is 20.8 Å². The molecule has 1 aliphatic rings. The second-order valence-electron chi connectivity index (χ2n) is 6.16. The third-order valence-corrected chi connectivity index (χ3v) is 5.48. The van der Waals surface area contributed by atoms with E-state index in [1.807, 2.05) is 30.5 Å². The Bertz CT molecular complexity index is 988. The van der Waals surface area contributed by atoms with Crippen LogP contribution in [0.15, 0.2) is 29.2 Å². The van der Waals surface area contributed by atoms with Crippen LogP contribution in [0.5, 0.6) is 0 Å². The number of nitrogens with zero attached hydrogens (tertiary/aromatic N) is 2. The van der Waals surface area contributed by atoms with Crippen LogP contribution < -0.4 is 0 Å². The molecule has 26 heavy (non-hydrogen) atoms. The third-order valence-electron chi connectivity index (χ3n) is 4.52. The van der Waals surface area contributed by atoms with Crippen LogP contribution in [-0.4, -0.2) is 38.7 Å². The van der Waals surface area contributed by atoms with Crippen LogP contribution >= 0.6 is 11.8 Å². The summed E-state index contributed by atoms with van der Waals surface area (Å²) in [7, 11) is 1.46. The SMILES string of the molecule is Cc1c(C(=O)O)cccc1-n1c(C)cc(/C=C2\SC(=O)N(C)C2=O)c1C. The highest BCUT2D eigenvalue weighted by atomic mass is 32.2. The summed E-state index contributed by atoms with van der Waals surface area (Å²) in [5.74, 6) is -1.28. The Labute approximate surface area is 155 Å². The predicted octanol–water partition coefficient (Wildman–Crippen LogP) is 3.77. The summed E-state index contributed by atoms with van der Waals surface area (Å²) in [6.07, 6.45) is 1.71. The van der Waals surface area contributed by atoms with Gasteiger partial charge in [-0.15, -0.1) is 0 Å². The molecule has 0 unspecified atom stereocenters. The first-order chi connectivity index (χ1) is 12.2. The van der Waals surface area contributed by atoms with E-state index in [9.17, 15) is 19.5 Å². The van der Waals surface area contributed by atoms with E-state index in [-0.39, 0.29) is 16.7 Å². The Hall–Kier alpha value is -2.80. The summed E-state index contributed by atoms with van der Waals surface area (Å²) in [4.78, 5) is 36.7. The fourth-order valence-electron chi connectivity index (χ4n) is 3.09. The quantitative estimate of drug-likeness (QED) is 0.832.